The Labute approximate surface area is 164 Å². The number of amides is 1. The summed E-state index contributed by atoms with van der Waals surface area (Å²) in [5.74, 6) is 0.451. The Kier molecular flexibility index (Phi) is 5.67. The molecule has 28 heavy (non-hydrogen) atoms. The van der Waals surface area contributed by atoms with Gasteiger partial charge in [-0.1, -0.05) is 31.2 Å². The molecule has 1 aromatic heterocycles. The van der Waals surface area contributed by atoms with Gasteiger partial charge in [0.2, 0.25) is 15.9 Å². The second-order valence-electron chi connectivity index (χ2n) is 6.30. The number of rotatable bonds is 6. The van der Waals surface area contributed by atoms with E-state index in [2.05, 4.69) is 10.0 Å². The highest BCUT2D eigenvalue weighted by Crippen LogP contribution is 2.27. The van der Waals surface area contributed by atoms with E-state index >= 15 is 0 Å². The summed E-state index contributed by atoms with van der Waals surface area (Å²) in [6.45, 7) is 3.69. The molecule has 0 aliphatic rings. The molecular weight excluding hydrogens is 376 g/mol. The molecule has 0 aliphatic heterocycles. The van der Waals surface area contributed by atoms with Gasteiger partial charge in [-0.25, -0.2) is 13.1 Å². The van der Waals surface area contributed by atoms with E-state index in [4.69, 9.17) is 4.42 Å². The van der Waals surface area contributed by atoms with Crippen LogP contribution < -0.4 is 10.0 Å². The Morgan fingerprint density at radius 1 is 1.18 bits per heavy atom. The molecule has 0 fully saturated rings. The summed E-state index contributed by atoms with van der Waals surface area (Å²) in [6.07, 6.45) is 3.85. The maximum absolute atomic E-state index is 12.4. The van der Waals surface area contributed by atoms with Crippen LogP contribution in [0.5, 0.6) is 0 Å². The van der Waals surface area contributed by atoms with Gasteiger partial charge >= 0.3 is 0 Å². The van der Waals surface area contributed by atoms with Gasteiger partial charge < -0.3 is 9.73 Å². The number of benzene rings is 2. The van der Waals surface area contributed by atoms with Crippen LogP contribution in [0.2, 0.25) is 0 Å². The van der Waals surface area contributed by atoms with Crippen molar-refractivity contribution in [3.8, 4) is 0 Å². The number of furan rings is 1. The fourth-order valence-corrected chi connectivity index (χ4v) is 3.98. The summed E-state index contributed by atoms with van der Waals surface area (Å²) in [6, 6.07) is 12.4. The van der Waals surface area contributed by atoms with Crippen molar-refractivity contribution in [2.24, 2.45) is 0 Å². The van der Waals surface area contributed by atoms with Gasteiger partial charge in [-0.3, -0.25) is 4.79 Å². The van der Waals surface area contributed by atoms with Crippen LogP contribution in [-0.4, -0.2) is 21.4 Å². The molecule has 0 aliphatic carbocycles. The minimum absolute atomic E-state index is 0.130. The van der Waals surface area contributed by atoms with Crippen molar-refractivity contribution in [1.82, 2.24) is 4.72 Å². The summed E-state index contributed by atoms with van der Waals surface area (Å²) in [5.41, 5.74) is 2.65. The number of aryl methyl sites for hydroxylation is 2. The van der Waals surface area contributed by atoms with Crippen molar-refractivity contribution < 1.29 is 17.6 Å². The third kappa shape index (κ3) is 4.00. The Bertz CT molecular complexity index is 1160. The molecule has 1 amide bonds. The molecule has 0 saturated heterocycles. The van der Waals surface area contributed by atoms with Gasteiger partial charge in [-0.15, -0.1) is 0 Å². The van der Waals surface area contributed by atoms with Gasteiger partial charge in [0.25, 0.3) is 0 Å². The molecule has 7 heteroatoms. The fourth-order valence-electron chi connectivity index (χ4n) is 2.98. The maximum Gasteiger partial charge on any atom is 0.248 e. The van der Waals surface area contributed by atoms with E-state index < -0.39 is 10.0 Å². The smallest absolute Gasteiger partial charge is 0.248 e. The monoisotopic (exact) mass is 398 g/mol. The molecule has 2 aromatic carbocycles. The van der Waals surface area contributed by atoms with Gasteiger partial charge in [0.05, 0.1) is 4.90 Å². The second kappa shape index (κ2) is 8.00. The zero-order valence-corrected chi connectivity index (χ0v) is 16.8. The lowest BCUT2D eigenvalue weighted by atomic mass is 10.1. The lowest BCUT2D eigenvalue weighted by Crippen LogP contribution is -2.20. The molecule has 0 atom stereocenters. The van der Waals surface area contributed by atoms with Crippen molar-refractivity contribution in [2.45, 2.75) is 25.2 Å². The number of carbonyl (C=O) groups excluding carboxylic acids is 1. The van der Waals surface area contributed by atoms with Crippen LogP contribution in [0.25, 0.3) is 17.0 Å². The summed E-state index contributed by atoms with van der Waals surface area (Å²) >= 11 is 0. The van der Waals surface area contributed by atoms with Crippen LogP contribution >= 0.6 is 0 Å². The maximum atomic E-state index is 12.4. The average Bonchev–Trinajstić information content (AvgIpc) is 3.05. The van der Waals surface area contributed by atoms with Crippen LogP contribution in [0, 0.1) is 6.92 Å². The Morgan fingerprint density at radius 2 is 1.93 bits per heavy atom. The van der Waals surface area contributed by atoms with Crippen molar-refractivity contribution in [2.75, 3.05) is 12.4 Å². The number of nitrogens with one attached hydrogen (secondary N) is 2. The molecule has 2 N–H and O–H groups in total. The number of hydrogen-bond donors (Lipinski definition) is 2. The third-order valence-electron chi connectivity index (χ3n) is 4.45. The van der Waals surface area contributed by atoms with Gasteiger partial charge in [0.1, 0.15) is 11.3 Å². The first-order valence-corrected chi connectivity index (χ1v) is 10.4. The lowest BCUT2D eigenvalue weighted by molar-refractivity contribution is -0.111. The minimum Gasteiger partial charge on any atom is -0.460 e. The van der Waals surface area contributed by atoms with Crippen LogP contribution in [0.3, 0.4) is 0 Å². The standard InChI is InChI=1S/C21H22N2O4S/c1-4-18-17(16-7-5-6-8-19(16)27-18)11-12-21(24)23-15-10-9-14(2)20(13-15)28(25,26)22-3/h5-13,22H,4H2,1-3H3,(H,23,24)/b12-11+. The van der Waals surface area contributed by atoms with Crippen LogP contribution in [0.15, 0.2) is 57.9 Å². The number of para-hydroxylation sites is 1. The normalized spacial score (nSPS) is 12.0. The SMILES string of the molecule is CCc1oc2ccccc2c1/C=C/C(=O)Nc1ccc(C)c(S(=O)(=O)NC)c1. The number of fused-ring (bicyclic) bond motifs is 1. The molecule has 0 spiro atoms. The van der Waals surface area contributed by atoms with E-state index in [0.717, 1.165) is 22.3 Å². The first kappa shape index (κ1) is 19.9. The predicted molar refractivity (Wildman–Crippen MR) is 111 cm³/mol. The fraction of sp³-hybridized carbons (Fsp3) is 0.190. The number of anilines is 1. The molecular formula is C21H22N2O4S. The summed E-state index contributed by atoms with van der Waals surface area (Å²) in [7, 11) is -2.25. The number of carbonyl (C=O) groups is 1. The first-order chi connectivity index (χ1) is 13.4. The molecule has 0 radical (unpaired) electrons. The summed E-state index contributed by atoms with van der Waals surface area (Å²) in [5, 5.41) is 3.65. The highest BCUT2D eigenvalue weighted by Gasteiger charge is 2.15. The topological polar surface area (TPSA) is 88.4 Å². The third-order valence-corrected chi connectivity index (χ3v) is 6.00. The van der Waals surface area contributed by atoms with E-state index in [1.807, 2.05) is 31.2 Å². The van der Waals surface area contributed by atoms with Crippen LogP contribution in [-0.2, 0) is 21.2 Å². The molecule has 146 valence electrons. The van der Waals surface area contributed by atoms with Crippen LogP contribution in [0.4, 0.5) is 5.69 Å². The van der Waals surface area contributed by atoms with Gasteiger partial charge in [-0.05, 0) is 43.8 Å². The van der Waals surface area contributed by atoms with Gasteiger partial charge in [0.15, 0.2) is 0 Å². The van der Waals surface area contributed by atoms with Gasteiger partial charge in [-0.2, -0.15) is 0 Å². The predicted octanol–water partition coefficient (Wildman–Crippen LogP) is 3.86. The zero-order chi connectivity index (χ0) is 20.3. The molecule has 0 bridgehead atoms. The highest BCUT2D eigenvalue weighted by molar-refractivity contribution is 7.89. The average molecular weight is 398 g/mol. The Morgan fingerprint density at radius 3 is 2.64 bits per heavy atom. The van der Waals surface area contributed by atoms with Crippen molar-refractivity contribution in [3.05, 3.63) is 65.4 Å². The zero-order valence-electron chi connectivity index (χ0n) is 15.9. The molecule has 3 aromatic rings. The summed E-state index contributed by atoms with van der Waals surface area (Å²) in [4.78, 5) is 12.5. The molecule has 0 unspecified atom stereocenters. The first-order valence-electron chi connectivity index (χ1n) is 8.89. The quantitative estimate of drug-likeness (QED) is 0.617. The van der Waals surface area contributed by atoms with E-state index in [-0.39, 0.29) is 10.8 Å². The minimum atomic E-state index is -3.60. The molecule has 6 nitrogen and oxygen atoms in total. The summed E-state index contributed by atoms with van der Waals surface area (Å²) < 4.78 is 32.3. The number of sulfonamides is 1. The van der Waals surface area contributed by atoms with E-state index in [1.165, 1.54) is 19.2 Å². The Hall–Kier alpha value is -2.90. The Balaban J connectivity index is 1.85. The second-order valence-corrected chi connectivity index (χ2v) is 8.15. The van der Waals surface area contributed by atoms with Crippen molar-refractivity contribution in [1.29, 1.82) is 0 Å². The largest absolute Gasteiger partial charge is 0.460 e. The van der Waals surface area contributed by atoms with Gasteiger partial charge in [0, 0.05) is 29.1 Å². The van der Waals surface area contributed by atoms with E-state index in [1.54, 1.807) is 25.1 Å². The van der Waals surface area contributed by atoms with Crippen molar-refractivity contribution >= 4 is 38.7 Å². The number of hydrogen-bond acceptors (Lipinski definition) is 4. The van der Waals surface area contributed by atoms with Crippen molar-refractivity contribution in [3.63, 3.8) is 0 Å². The van der Waals surface area contributed by atoms with E-state index in [9.17, 15) is 13.2 Å². The molecule has 0 saturated carbocycles. The molecule has 3 rings (SSSR count). The molecule has 1 heterocycles. The van der Waals surface area contributed by atoms with E-state index in [0.29, 0.717) is 17.7 Å². The van der Waals surface area contributed by atoms with Crippen LogP contribution in [0.1, 0.15) is 23.8 Å². The lowest BCUT2D eigenvalue weighted by Gasteiger charge is -2.09. The highest BCUT2D eigenvalue weighted by atomic mass is 32.2.